The van der Waals surface area contributed by atoms with Crippen LogP contribution in [0.15, 0.2) is 30.3 Å². The lowest BCUT2D eigenvalue weighted by Gasteiger charge is -2.23. The van der Waals surface area contributed by atoms with Crippen molar-refractivity contribution < 1.29 is 45.8 Å². The maximum absolute atomic E-state index is 13.0. The topological polar surface area (TPSA) is 130 Å². The molecule has 0 saturated heterocycles. The average Bonchev–Trinajstić information content (AvgIpc) is 3.12. The van der Waals surface area contributed by atoms with Crippen LogP contribution in [0.2, 0.25) is 0 Å². The van der Waals surface area contributed by atoms with Gasteiger partial charge >= 0.3 is 12.3 Å². The molecule has 9 nitrogen and oxygen atoms in total. The number of sulfonamides is 1. The SMILES string of the molecule is CCc1cc(C(=O)c2ccc(OC(F)(F)F)cc2)c(NC(=O)CN(C(C)C(=O)O)S(C)(=O)=O)s1. The molecule has 0 aliphatic rings. The van der Waals surface area contributed by atoms with Crippen molar-refractivity contribution in [1.29, 1.82) is 0 Å². The molecule has 1 amide bonds. The van der Waals surface area contributed by atoms with Gasteiger partial charge in [0, 0.05) is 10.4 Å². The van der Waals surface area contributed by atoms with Gasteiger partial charge < -0.3 is 15.2 Å². The van der Waals surface area contributed by atoms with Gasteiger partial charge in [0.25, 0.3) is 0 Å². The molecule has 0 fully saturated rings. The summed E-state index contributed by atoms with van der Waals surface area (Å²) in [6, 6.07) is 4.23. The van der Waals surface area contributed by atoms with Gasteiger partial charge in [0.05, 0.1) is 18.4 Å². The first-order chi connectivity index (χ1) is 15.6. The number of rotatable bonds is 10. The smallest absolute Gasteiger partial charge is 0.480 e. The molecule has 0 radical (unpaired) electrons. The van der Waals surface area contributed by atoms with Crippen LogP contribution in [0.25, 0.3) is 0 Å². The number of carbonyl (C=O) groups excluding carboxylic acids is 2. The van der Waals surface area contributed by atoms with Crippen molar-refractivity contribution >= 4 is 44.0 Å². The number of carboxylic acid groups (broad SMARTS) is 1. The normalized spacial score (nSPS) is 12.9. The summed E-state index contributed by atoms with van der Waals surface area (Å²) in [4.78, 5) is 37.4. The summed E-state index contributed by atoms with van der Waals surface area (Å²) in [6.07, 6.45) is -3.61. The van der Waals surface area contributed by atoms with Crippen LogP contribution in [0, 0.1) is 0 Å². The van der Waals surface area contributed by atoms with E-state index in [9.17, 15) is 36.0 Å². The highest BCUT2D eigenvalue weighted by Gasteiger charge is 2.32. The Balaban J connectivity index is 2.28. The first-order valence-electron chi connectivity index (χ1n) is 9.65. The number of nitrogens with one attached hydrogen (secondary N) is 1. The van der Waals surface area contributed by atoms with Crippen LogP contribution in [-0.2, 0) is 26.0 Å². The van der Waals surface area contributed by atoms with Crippen molar-refractivity contribution in [3.63, 3.8) is 0 Å². The van der Waals surface area contributed by atoms with E-state index in [0.717, 1.165) is 48.8 Å². The van der Waals surface area contributed by atoms with Gasteiger partial charge in [-0.3, -0.25) is 14.4 Å². The van der Waals surface area contributed by atoms with Crippen molar-refractivity contribution in [2.24, 2.45) is 0 Å². The van der Waals surface area contributed by atoms with Gasteiger partial charge in [0.1, 0.15) is 16.8 Å². The van der Waals surface area contributed by atoms with E-state index in [2.05, 4.69) is 10.1 Å². The summed E-state index contributed by atoms with van der Waals surface area (Å²) in [5.41, 5.74) is 0.0830. The lowest BCUT2D eigenvalue weighted by atomic mass is 10.0. The third kappa shape index (κ3) is 7.27. The van der Waals surface area contributed by atoms with E-state index in [1.807, 2.05) is 0 Å². The summed E-state index contributed by atoms with van der Waals surface area (Å²) >= 11 is 1.06. The molecular weight excluding hydrogens is 501 g/mol. The van der Waals surface area contributed by atoms with Crippen LogP contribution in [0.5, 0.6) is 5.75 Å². The minimum atomic E-state index is -4.88. The largest absolute Gasteiger partial charge is 0.573 e. The molecule has 0 saturated carbocycles. The molecule has 1 unspecified atom stereocenters. The molecule has 14 heteroatoms. The van der Waals surface area contributed by atoms with Crippen LogP contribution in [0.3, 0.4) is 0 Å². The minimum Gasteiger partial charge on any atom is -0.480 e. The number of hydrogen-bond acceptors (Lipinski definition) is 7. The number of amides is 1. The van der Waals surface area contributed by atoms with E-state index >= 15 is 0 Å². The number of hydrogen-bond donors (Lipinski definition) is 2. The minimum absolute atomic E-state index is 0.0303. The van der Waals surface area contributed by atoms with Gasteiger partial charge in [-0.1, -0.05) is 6.92 Å². The molecule has 186 valence electrons. The van der Waals surface area contributed by atoms with E-state index in [1.54, 1.807) is 6.92 Å². The van der Waals surface area contributed by atoms with E-state index in [0.29, 0.717) is 15.6 Å². The predicted molar refractivity (Wildman–Crippen MR) is 118 cm³/mol. The molecular formula is C20H21F3N2O7S2. The summed E-state index contributed by atoms with van der Waals surface area (Å²) in [5, 5.41) is 11.7. The maximum Gasteiger partial charge on any atom is 0.573 e. The predicted octanol–water partition coefficient (Wildman–Crippen LogP) is 3.11. The fourth-order valence-electron chi connectivity index (χ4n) is 2.81. The number of aryl methyl sites for hydroxylation is 1. The summed E-state index contributed by atoms with van der Waals surface area (Å²) in [5.74, 6) is -3.42. The fraction of sp³-hybridized carbons (Fsp3) is 0.350. The van der Waals surface area contributed by atoms with E-state index in [4.69, 9.17) is 5.11 Å². The number of thiophene rings is 1. The van der Waals surface area contributed by atoms with Crippen LogP contribution < -0.4 is 10.1 Å². The summed E-state index contributed by atoms with van der Waals surface area (Å²) < 4.78 is 65.2. The van der Waals surface area contributed by atoms with Crippen LogP contribution in [-0.4, -0.2) is 60.7 Å². The van der Waals surface area contributed by atoms with Gasteiger partial charge in [0.2, 0.25) is 15.9 Å². The van der Waals surface area contributed by atoms with Crippen molar-refractivity contribution in [3.05, 3.63) is 46.3 Å². The molecule has 0 bridgehead atoms. The Kier molecular flexibility index (Phi) is 8.45. The first-order valence-corrected chi connectivity index (χ1v) is 12.3. The summed E-state index contributed by atoms with van der Waals surface area (Å²) in [7, 11) is -4.05. The number of alkyl halides is 3. The molecule has 0 aliphatic heterocycles. The second kappa shape index (κ2) is 10.5. The maximum atomic E-state index is 13.0. The highest BCUT2D eigenvalue weighted by molar-refractivity contribution is 7.88. The number of ketones is 1. The zero-order valence-corrected chi connectivity index (χ0v) is 19.8. The number of benzene rings is 1. The molecule has 1 heterocycles. The monoisotopic (exact) mass is 522 g/mol. The highest BCUT2D eigenvalue weighted by atomic mass is 32.2. The van der Waals surface area contributed by atoms with Gasteiger partial charge in [0.15, 0.2) is 5.78 Å². The number of aliphatic carboxylic acids is 1. The lowest BCUT2D eigenvalue weighted by Crippen LogP contribution is -2.46. The van der Waals surface area contributed by atoms with Gasteiger partial charge in [-0.25, -0.2) is 8.42 Å². The second-order valence-electron chi connectivity index (χ2n) is 7.08. The Hall–Kier alpha value is -2.97. The quantitative estimate of drug-likeness (QED) is 0.459. The molecule has 2 aromatic rings. The third-order valence-corrected chi connectivity index (χ3v) is 6.99. The zero-order chi connectivity index (χ0) is 25.8. The van der Waals surface area contributed by atoms with Gasteiger partial charge in [-0.15, -0.1) is 24.5 Å². The van der Waals surface area contributed by atoms with Crippen LogP contribution >= 0.6 is 11.3 Å². The van der Waals surface area contributed by atoms with Gasteiger partial charge in [-0.05, 0) is 43.7 Å². The van der Waals surface area contributed by atoms with Crippen molar-refractivity contribution in [2.75, 3.05) is 18.1 Å². The highest BCUT2D eigenvalue weighted by Crippen LogP contribution is 2.31. The Bertz CT molecular complexity index is 1180. The number of ether oxygens (including phenoxy) is 1. The Morgan fingerprint density at radius 2 is 1.79 bits per heavy atom. The molecule has 0 aliphatic carbocycles. The Labute approximate surface area is 197 Å². The van der Waals surface area contributed by atoms with Crippen molar-refractivity contribution in [1.82, 2.24) is 4.31 Å². The molecule has 1 atom stereocenters. The van der Waals surface area contributed by atoms with E-state index < -0.39 is 52.4 Å². The van der Waals surface area contributed by atoms with Crippen molar-refractivity contribution in [2.45, 2.75) is 32.7 Å². The average molecular weight is 523 g/mol. The third-order valence-electron chi connectivity index (χ3n) is 4.49. The number of carboxylic acids is 1. The molecule has 34 heavy (non-hydrogen) atoms. The Morgan fingerprint density at radius 3 is 2.26 bits per heavy atom. The molecule has 1 aromatic heterocycles. The lowest BCUT2D eigenvalue weighted by molar-refractivity contribution is -0.274. The number of anilines is 1. The number of halogens is 3. The second-order valence-corrected chi connectivity index (χ2v) is 10.2. The molecule has 1 aromatic carbocycles. The molecule has 2 rings (SSSR count). The van der Waals surface area contributed by atoms with E-state index in [-0.39, 0.29) is 16.1 Å². The van der Waals surface area contributed by atoms with Gasteiger partial charge in [-0.2, -0.15) is 4.31 Å². The van der Waals surface area contributed by atoms with E-state index in [1.165, 1.54) is 6.07 Å². The summed E-state index contributed by atoms with van der Waals surface area (Å²) in [6.45, 7) is 2.11. The Morgan fingerprint density at radius 1 is 1.21 bits per heavy atom. The number of nitrogens with zero attached hydrogens (tertiary/aromatic N) is 1. The van der Waals surface area contributed by atoms with Crippen LogP contribution in [0.4, 0.5) is 18.2 Å². The number of carbonyl (C=O) groups is 3. The fourth-order valence-corrected chi connectivity index (χ4v) is 4.84. The first kappa shape index (κ1) is 27.3. The molecule has 0 spiro atoms. The van der Waals surface area contributed by atoms with Crippen LogP contribution in [0.1, 0.15) is 34.6 Å². The standard InChI is InChI=1S/C20H21F3N2O7S2/c1-4-14-9-15(17(27)12-5-7-13(8-6-12)32-20(21,22)23)18(33-14)24-16(26)10-25(34(3,30)31)11(2)19(28)29/h5-9,11H,4,10H2,1-3H3,(H,24,26)(H,28,29). The molecule has 2 N–H and O–H groups in total. The van der Waals surface area contributed by atoms with Crippen molar-refractivity contribution in [3.8, 4) is 5.75 Å². The zero-order valence-electron chi connectivity index (χ0n) is 18.2.